The van der Waals surface area contributed by atoms with Gasteiger partial charge in [-0.25, -0.2) is 0 Å². The molecule has 0 heterocycles. The first kappa shape index (κ1) is 12.0. The third-order valence-electron chi connectivity index (χ3n) is 3.43. The van der Waals surface area contributed by atoms with Crippen molar-refractivity contribution in [2.24, 2.45) is 17.1 Å². The molecule has 0 aromatic rings. The van der Waals surface area contributed by atoms with E-state index >= 15 is 0 Å². The number of nitrogens with two attached hydrogens (primary N) is 1. The van der Waals surface area contributed by atoms with Crippen molar-refractivity contribution in [1.29, 1.82) is 0 Å². The Morgan fingerprint density at radius 3 is 2.43 bits per heavy atom. The standard InChI is InChI=1S/C12H26N2/c1-12(2,3)11(13)9-14-8-7-10-5-4-6-10/h10-11,14H,4-9,13H2,1-3H3. The summed E-state index contributed by atoms with van der Waals surface area (Å²) in [5, 5.41) is 3.47. The van der Waals surface area contributed by atoms with Crippen LogP contribution < -0.4 is 11.1 Å². The van der Waals surface area contributed by atoms with E-state index < -0.39 is 0 Å². The zero-order valence-electron chi connectivity index (χ0n) is 9.97. The second-order valence-electron chi connectivity index (χ2n) is 5.76. The molecule has 14 heavy (non-hydrogen) atoms. The van der Waals surface area contributed by atoms with E-state index in [0.29, 0.717) is 0 Å². The van der Waals surface area contributed by atoms with Crippen molar-refractivity contribution in [2.45, 2.75) is 52.5 Å². The van der Waals surface area contributed by atoms with Gasteiger partial charge in [-0.15, -0.1) is 0 Å². The third kappa shape index (κ3) is 3.97. The first-order valence-electron chi connectivity index (χ1n) is 5.96. The van der Waals surface area contributed by atoms with E-state index in [1.54, 1.807) is 0 Å². The minimum absolute atomic E-state index is 0.226. The Kier molecular flexibility index (Phi) is 4.39. The molecule has 1 aliphatic carbocycles. The number of hydrogen-bond acceptors (Lipinski definition) is 2. The van der Waals surface area contributed by atoms with Crippen LogP contribution in [-0.2, 0) is 0 Å². The Balaban J connectivity index is 1.97. The summed E-state index contributed by atoms with van der Waals surface area (Å²) in [6.07, 6.45) is 5.70. The van der Waals surface area contributed by atoms with E-state index in [9.17, 15) is 0 Å². The second-order valence-corrected chi connectivity index (χ2v) is 5.76. The predicted molar refractivity (Wildman–Crippen MR) is 62.3 cm³/mol. The average molecular weight is 198 g/mol. The summed E-state index contributed by atoms with van der Waals surface area (Å²) in [7, 11) is 0. The number of nitrogens with one attached hydrogen (secondary N) is 1. The summed E-state index contributed by atoms with van der Waals surface area (Å²) in [5.41, 5.74) is 6.28. The maximum atomic E-state index is 6.05. The van der Waals surface area contributed by atoms with Crippen LogP contribution in [0.15, 0.2) is 0 Å². The van der Waals surface area contributed by atoms with Crippen LogP contribution in [0.4, 0.5) is 0 Å². The van der Waals surface area contributed by atoms with Gasteiger partial charge in [-0.05, 0) is 24.3 Å². The first-order valence-corrected chi connectivity index (χ1v) is 5.96. The van der Waals surface area contributed by atoms with Crippen LogP contribution in [0.2, 0.25) is 0 Å². The molecule has 0 spiro atoms. The van der Waals surface area contributed by atoms with E-state index in [1.165, 1.54) is 25.7 Å². The fourth-order valence-electron chi connectivity index (χ4n) is 1.65. The fraction of sp³-hybridized carbons (Fsp3) is 1.00. The molecular weight excluding hydrogens is 172 g/mol. The average Bonchev–Trinajstić information content (AvgIpc) is 1.98. The van der Waals surface area contributed by atoms with E-state index in [2.05, 4.69) is 26.1 Å². The lowest BCUT2D eigenvalue weighted by molar-refractivity contribution is 0.278. The summed E-state index contributed by atoms with van der Waals surface area (Å²) < 4.78 is 0. The van der Waals surface area contributed by atoms with Crippen molar-refractivity contribution < 1.29 is 0 Å². The SMILES string of the molecule is CC(C)(C)C(N)CNCCC1CCC1. The zero-order valence-corrected chi connectivity index (χ0v) is 9.97. The zero-order chi connectivity index (χ0) is 10.6. The molecule has 1 saturated carbocycles. The van der Waals surface area contributed by atoms with Crippen molar-refractivity contribution in [3.63, 3.8) is 0 Å². The molecule has 0 bridgehead atoms. The smallest absolute Gasteiger partial charge is 0.0214 e. The highest BCUT2D eigenvalue weighted by atomic mass is 14.9. The molecule has 2 heteroatoms. The molecule has 0 aromatic carbocycles. The number of rotatable bonds is 5. The molecule has 1 rings (SSSR count). The van der Waals surface area contributed by atoms with Crippen molar-refractivity contribution in [1.82, 2.24) is 5.32 Å². The normalized spacial score (nSPS) is 20.6. The second kappa shape index (κ2) is 5.13. The summed E-state index contributed by atoms with van der Waals surface area (Å²) in [6.45, 7) is 8.70. The van der Waals surface area contributed by atoms with Crippen molar-refractivity contribution in [3.8, 4) is 0 Å². The van der Waals surface area contributed by atoms with Gasteiger partial charge in [-0.1, -0.05) is 40.0 Å². The Labute approximate surface area is 88.6 Å². The van der Waals surface area contributed by atoms with Crippen LogP contribution in [0.3, 0.4) is 0 Å². The van der Waals surface area contributed by atoms with Gasteiger partial charge >= 0.3 is 0 Å². The monoisotopic (exact) mass is 198 g/mol. The van der Waals surface area contributed by atoms with Crippen LogP contribution in [0.1, 0.15) is 46.5 Å². The summed E-state index contributed by atoms with van der Waals surface area (Å²) >= 11 is 0. The molecule has 0 radical (unpaired) electrons. The summed E-state index contributed by atoms with van der Waals surface area (Å²) in [6, 6.07) is 0.267. The van der Waals surface area contributed by atoms with Crippen LogP contribution >= 0.6 is 0 Å². The Hall–Kier alpha value is -0.0800. The highest BCUT2D eigenvalue weighted by Gasteiger charge is 2.20. The highest BCUT2D eigenvalue weighted by Crippen LogP contribution is 2.28. The van der Waals surface area contributed by atoms with Gasteiger partial charge in [-0.3, -0.25) is 0 Å². The van der Waals surface area contributed by atoms with Crippen molar-refractivity contribution >= 4 is 0 Å². The van der Waals surface area contributed by atoms with Gasteiger partial charge in [0.2, 0.25) is 0 Å². The topological polar surface area (TPSA) is 38.0 Å². The van der Waals surface area contributed by atoms with Gasteiger partial charge < -0.3 is 11.1 Å². The van der Waals surface area contributed by atoms with Crippen LogP contribution in [0, 0.1) is 11.3 Å². The third-order valence-corrected chi connectivity index (χ3v) is 3.43. The van der Waals surface area contributed by atoms with Crippen molar-refractivity contribution in [3.05, 3.63) is 0 Å². The minimum Gasteiger partial charge on any atom is -0.326 e. The molecule has 0 aromatic heterocycles. The Morgan fingerprint density at radius 1 is 1.36 bits per heavy atom. The van der Waals surface area contributed by atoms with Crippen LogP contribution in [0.5, 0.6) is 0 Å². The molecule has 0 amide bonds. The molecule has 1 aliphatic rings. The molecule has 84 valence electrons. The quantitative estimate of drug-likeness (QED) is 0.664. The molecule has 2 nitrogen and oxygen atoms in total. The first-order chi connectivity index (χ1) is 6.50. The molecule has 3 N–H and O–H groups in total. The van der Waals surface area contributed by atoms with Crippen LogP contribution in [-0.4, -0.2) is 19.1 Å². The Bertz CT molecular complexity index is 156. The number of hydrogen-bond donors (Lipinski definition) is 2. The minimum atomic E-state index is 0.226. The van der Waals surface area contributed by atoms with Gasteiger partial charge in [0.15, 0.2) is 0 Å². The summed E-state index contributed by atoms with van der Waals surface area (Å²) in [5.74, 6) is 1.01. The van der Waals surface area contributed by atoms with Gasteiger partial charge in [-0.2, -0.15) is 0 Å². The van der Waals surface area contributed by atoms with Gasteiger partial charge in [0, 0.05) is 12.6 Å². The molecule has 1 atom stereocenters. The molecule has 1 fully saturated rings. The van der Waals surface area contributed by atoms with Gasteiger partial charge in [0.25, 0.3) is 0 Å². The van der Waals surface area contributed by atoms with Crippen molar-refractivity contribution in [2.75, 3.05) is 13.1 Å². The van der Waals surface area contributed by atoms with E-state index in [1.807, 2.05) is 0 Å². The van der Waals surface area contributed by atoms with E-state index in [-0.39, 0.29) is 11.5 Å². The highest BCUT2D eigenvalue weighted by molar-refractivity contribution is 4.79. The molecule has 1 unspecified atom stereocenters. The molecular formula is C12H26N2. The van der Waals surface area contributed by atoms with Crippen LogP contribution in [0.25, 0.3) is 0 Å². The molecule has 0 aliphatic heterocycles. The van der Waals surface area contributed by atoms with Gasteiger partial charge in [0.1, 0.15) is 0 Å². The Morgan fingerprint density at radius 2 is 2.00 bits per heavy atom. The maximum Gasteiger partial charge on any atom is 0.0214 e. The van der Waals surface area contributed by atoms with E-state index in [0.717, 1.165) is 19.0 Å². The summed E-state index contributed by atoms with van der Waals surface area (Å²) in [4.78, 5) is 0. The largest absolute Gasteiger partial charge is 0.326 e. The maximum absolute atomic E-state index is 6.05. The fourth-order valence-corrected chi connectivity index (χ4v) is 1.65. The lowest BCUT2D eigenvalue weighted by Crippen LogP contribution is -2.44. The lowest BCUT2D eigenvalue weighted by Gasteiger charge is -2.28. The lowest BCUT2D eigenvalue weighted by atomic mass is 9.83. The van der Waals surface area contributed by atoms with E-state index in [4.69, 9.17) is 5.73 Å². The van der Waals surface area contributed by atoms with Gasteiger partial charge in [0.05, 0.1) is 0 Å². The predicted octanol–water partition coefficient (Wildman–Crippen LogP) is 2.14. The molecule has 0 saturated heterocycles.